The van der Waals surface area contributed by atoms with Gasteiger partial charge in [0.25, 0.3) is 0 Å². The molecule has 2 amide bonds. The maximum Gasteiger partial charge on any atom is 0.247 e. The number of amides is 2. The van der Waals surface area contributed by atoms with E-state index in [4.69, 9.17) is 11.6 Å². The van der Waals surface area contributed by atoms with E-state index in [1.165, 1.54) is 12.3 Å². The number of halogens is 2. The van der Waals surface area contributed by atoms with Gasteiger partial charge in [-0.15, -0.1) is 0 Å². The summed E-state index contributed by atoms with van der Waals surface area (Å²) in [6.07, 6.45) is 1.34. The number of carbonyl (C=O) groups excluding carboxylic acids is 2. The second-order valence-electron chi connectivity index (χ2n) is 3.69. The number of imide groups is 1. The van der Waals surface area contributed by atoms with Crippen molar-refractivity contribution in [3.8, 4) is 0 Å². The summed E-state index contributed by atoms with van der Waals surface area (Å²) in [4.78, 5) is 25.9. The molecule has 0 unspecified atom stereocenters. The van der Waals surface area contributed by atoms with Crippen LogP contribution in [0.2, 0.25) is 5.15 Å². The standard InChI is InChI=1S/C9H7BrClN3O4S/c10-5-1-6(9(11)12-2-5)19(17,18)14-3-7(15)13-8(16)4-14/h1-2H,3-4H2,(H,13,15,16). The molecule has 7 nitrogen and oxygen atoms in total. The minimum absolute atomic E-state index is 0.221. The Morgan fingerprint density at radius 1 is 1.32 bits per heavy atom. The highest BCUT2D eigenvalue weighted by molar-refractivity contribution is 9.10. The Morgan fingerprint density at radius 2 is 1.89 bits per heavy atom. The molecule has 1 saturated heterocycles. The number of piperazine rings is 1. The molecular formula is C9H7BrClN3O4S. The van der Waals surface area contributed by atoms with Gasteiger partial charge < -0.3 is 0 Å². The first-order chi connectivity index (χ1) is 8.80. The van der Waals surface area contributed by atoms with Crippen molar-refractivity contribution in [3.05, 3.63) is 21.9 Å². The molecule has 0 atom stereocenters. The Kier molecular flexibility index (Phi) is 3.90. The largest absolute Gasteiger partial charge is 0.294 e. The monoisotopic (exact) mass is 367 g/mol. The van der Waals surface area contributed by atoms with Gasteiger partial charge in [0, 0.05) is 10.7 Å². The van der Waals surface area contributed by atoms with Crippen LogP contribution >= 0.6 is 27.5 Å². The van der Waals surface area contributed by atoms with Crippen LogP contribution < -0.4 is 5.32 Å². The minimum Gasteiger partial charge on any atom is -0.294 e. The van der Waals surface area contributed by atoms with Crippen LogP contribution in [0.15, 0.2) is 21.6 Å². The number of sulfonamides is 1. The van der Waals surface area contributed by atoms with Crippen LogP contribution in [0.25, 0.3) is 0 Å². The Balaban J connectivity index is 2.44. The fraction of sp³-hybridized carbons (Fsp3) is 0.222. The lowest BCUT2D eigenvalue weighted by Gasteiger charge is -2.24. The van der Waals surface area contributed by atoms with E-state index >= 15 is 0 Å². The molecule has 1 aromatic heterocycles. The van der Waals surface area contributed by atoms with Gasteiger partial charge in [0.2, 0.25) is 21.8 Å². The summed E-state index contributed by atoms with van der Waals surface area (Å²) in [7, 11) is -4.05. The summed E-state index contributed by atoms with van der Waals surface area (Å²) in [6.45, 7) is -0.867. The number of nitrogens with zero attached hydrogens (tertiary/aromatic N) is 2. The second kappa shape index (κ2) is 5.16. The Labute approximate surface area is 122 Å². The maximum absolute atomic E-state index is 12.3. The molecular weight excluding hydrogens is 362 g/mol. The summed E-state index contributed by atoms with van der Waals surface area (Å²) in [5, 5.41) is 1.80. The van der Waals surface area contributed by atoms with Crippen LogP contribution in [0.3, 0.4) is 0 Å². The second-order valence-corrected chi connectivity index (χ2v) is 6.87. The maximum atomic E-state index is 12.3. The van der Waals surface area contributed by atoms with E-state index < -0.39 is 34.9 Å². The average Bonchev–Trinajstić information content (AvgIpc) is 2.31. The molecule has 0 bridgehead atoms. The molecule has 1 aromatic rings. The first-order valence-corrected chi connectivity index (χ1v) is 7.55. The third-order valence-electron chi connectivity index (χ3n) is 2.31. The van der Waals surface area contributed by atoms with E-state index in [0.29, 0.717) is 4.47 Å². The normalized spacial score (nSPS) is 17.4. The molecule has 2 rings (SSSR count). The third kappa shape index (κ3) is 2.94. The highest BCUT2D eigenvalue weighted by Crippen LogP contribution is 2.26. The highest BCUT2D eigenvalue weighted by Gasteiger charge is 2.34. The van der Waals surface area contributed by atoms with Crippen LogP contribution in [-0.2, 0) is 19.6 Å². The Morgan fingerprint density at radius 3 is 2.47 bits per heavy atom. The zero-order chi connectivity index (χ0) is 14.2. The van der Waals surface area contributed by atoms with Crippen LogP contribution in [0.4, 0.5) is 0 Å². The molecule has 0 aromatic carbocycles. The van der Waals surface area contributed by atoms with E-state index in [2.05, 4.69) is 20.9 Å². The molecule has 0 saturated carbocycles. The molecule has 1 aliphatic rings. The molecule has 10 heteroatoms. The van der Waals surface area contributed by atoms with E-state index in [-0.39, 0.29) is 10.0 Å². The molecule has 102 valence electrons. The summed E-state index contributed by atoms with van der Waals surface area (Å²) < 4.78 is 25.8. The lowest BCUT2D eigenvalue weighted by atomic mass is 10.4. The smallest absolute Gasteiger partial charge is 0.247 e. The molecule has 19 heavy (non-hydrogen) atoms. The van der Waals surface area contributed by atoms with Crippen molar-refractivity contribution in [1.29, 1.82) is 0 Å². The van der Waals surface area contributed by atoms with E-state index in [9.17, 15) is 18.0 Å². The van der Waals surface area contributed by atoms with Crippen molar-refractivity contribution in [2.45, 2.75) is 4.90 Å². The number of hydrogen-bond donors (Lipinski definition) is 1. The average molecular weight is 369 g/mol. The fourth-order valence-corrected chi connectivity index (χ4v) is 3.78. The lowest BCUT2D eigenvalue weighted by molar-refractivity contribution is -0.134. The quantitative estimate of drug-likeness (QED) is 0.592. The lowest BCUT2D eigenvalue weighted by Crippen LogP contribution is -2.53. The van der Waals surface area contributed by atoms with E-state index in [1.54, 1.807) is 0 Å². The Hall–Kier alpha value is -1.03. The number of rotatable bonds is 2. The number of nitrogens with one attached hydrogen (secondary N) is 1. The fourth-order valence-electron chi connectivity index (χ4n) is 1.50. The number of pyridine rings is 1. The van der Waals surface area contributed by atoms with Crippen molar-refractivity contribution in [1.82, 2.24) is 14.6 Å². The van der Waals surface area contributed by atoms with Crippen molar-refractivity contribution in [3.63, 3.8) is 0 Å². The van der Waals surface area contributed by atoms with Crippen molar-refractivity contribution < 1.29 is 18.0 Å². The van der Waals surface area contributed by atoms with Crippen LogP contribution in [0, 0.1) is 0 Å². The molecule has 1 N–H and O–H groups in total. The molecule has 1 aliphatic heterocycles. The number of aromatic nitrogens is 1. The van der Waals surface area contributed by atoms with Gasteiger partial charge in [-0.3, -0.25) is 14.9 Å². The summed E-state index contributed by atoms with van der Waals surface area (Å²) in [5.74, 6) is -1.36. The third-order valence-corrected chi connectivity index (χ3v) is 4.96. The molecule has 0 aliphatic carbocycles. The van der Waals surface area contributed by atoms with Gasteiger partial charge in [-0.05, 0) is 22.0 Å². The highest BCUT2D eigenvalue weighted by atomic mass is 79.9. The SMILES string of the molecule is O=C1CN(S(=O)(=O)c2cc(Br)cnc2Cl)CC(=O)N1. The van der Waals surface area contributed by atoms with E-state index in [0.717, 1.165) is 4.31 Å². The van der Waals surface area contributed by atoms with Gasteiger partial charge in [0.15, 0.2) is 0 Å². The summed E-state index contributed by atoms with van der Waals surface area (Å²) in [5.41, 5.74) is 0. The van der Waals surface area contributed by atoms with Crippen LogP contribution in [-0.4, -0.2) is 42.6 Å². The zero-order valence-corrected chi connectivity index (χ0v) is 12.4. The summed E-state index contributed by atoms with van der Waals surface area (Å²) >= 11 is 8.84. The van der Waals surface area contributed by atoms with Gasteiger partial charge in [-0.25, -0.2) is 13.4 Å². The van der Waals surface area contributed by atoms with Crippen molar-refractivity contribution in [2.24, 2.45) is 0 Å². The summed E-state index contributed by atoms with van der Waals surface area (Å²) in [6, 6.07) is 1.27. The molecule has 0 spiro atoms. The van der Waals surface area contributed by atoms with Gasteiger partial charge in [0.05, 0.1) is 13.1 Å². The minimum atomic E-state index is -4.05. The van der Waals surface area contributed by atoms with Crippen LogP contribution in [0.5, 0.6) is 0 Å². The first-order valence-electron chi connectivity index (χ1n) is 4.94. The number of hydrogen-bond acceptors (Lipinski definition) is 5. The Bertz CT molecular complexity index is 647. The first kappa shape index (κ1) is 14.4. The topological polar surface area (TPSA) is 96.4 Å². The molecule has 2 heterocycles. The number of carbonyl (C=O) groups is 2. The van der Waals surface area contributed by atoms with Gasteiger partial charge in [-0.1, -0.05) is 11.6 Å². The molecule has 1 fully saturated rings. The van der Waals surface area contributed by atoms with Crippen molar-refractivity contribution >= 4 is 49.4 Å². The van der Waals surface area contributed by atoms with Crippen LogP contribution in [0.1, 0.15) is 0 Å². The van der Waals surface area contributed by atoms with Crippen molar-refractivity contribution in [2.75, 3.05) is 13.1 Å². The molecule has 0 radical (unpaired) electrons. The predicted molar refractivity (Wildman–Crippen MR) is 68.9 cm³/mol. The zero-order valence-electron chi connectivity index (χ0n) is 9.26. The predicted octanol–water partition coefficient (Wildman–Crippen LogP) is 0.145. The van der Waals surface area contributed by atoms with Gasteiger partial charge in [-0.2, -0.15) is 4.31 Å². The van der Waals surface area contributed by atoms with Gasteiger partial charge >= 0.3 is 0 Å². The van der Waals surface area contributed by atoms with E-state index in [1.807, 2.05) is 5.32 Å². The van der Waals surface area contributed by atoms with Gasteiger partial charge in [0.1, 0.15) is 10.0 Å².